The normalized spacial score (nSPS) is 12.1. The van der Waals surface area contributed by atoms with Crippen LogP contribution in [0.25, 0.3) is 0 Å². The molecule has 0 radical (unpaired) electrons. The number of nitrogens with one attached hydrogen (secondary N) is 1. The first-order valence-electron chi connectivity index (χ1n) is 5.32. The summed E-state index contributed by atoms with van der Waals surface area (Å²) in [6.45, 7) is 2.35. The predicted octanol–water partition coefficient (Wildman–Crippen LogP) is 2.00. The van der Waals surface area contributed by atoms with Gasteiger partial charge in [-0.3, -0.25) is 9.59 Å². The van der Waals surface area contributed by atoms with Crippen LogP contribution >= 0.6 is 27.3 Å². The van der Waals surface area contributed by atoms with Crippen LogP contribution < -0.4 is 11.1 Å². The highest BCUT2D eigenvalue weighted by Crippen LogP contribution is 2.28. The lowest BCUT2D eigenvalue weighted by atomic mass is 10.1. The molecular weight excluding hydrogens is 304 g/mol. The summed E-state index contributed by atoms with van der Waals surface area (Å²) in [6, 6.07) is 3.86. The largest absolute Gasteiger partial charge is 0.370 e. The standard InChI is InChI=1S/C11H15BrN2O2S/c1-7(8-4-5-9(12)17-8)11(16)14-6-2-3-10(13)15/h4-5,7H,2-3,6H2,1H3,(H2,13,15)(H,14,16). The maximum absolute atomic E-state index is 11.8. The average molecular weight is 319 g/mol. The number of thiophene rings is 1. The van der Waals surface area contributed by atoms with Crippen molar-refractivity contribution in [2.24, 2.45) is 5.73 Å². The Balaban J connectivity index is 2.35. The van der Waals surface area contributed by atoms with Crippen molar-refractivity contribution in [3.63, 3.8) is 0 Å². The third-order valence-electron chi connectivity index (χ3n) is 2.31. The molecule has 1 aromatic heterocycles. The molecule has 0 bridgehead atoms. The minimum Gasteiger partial charge on any atom is -0.370 e. The second-order valence-electron chi connectivity index (χ2n) is 3.72. The molecule has 1 unspecified atom stereocenters. The van der Waals surface area contributed by atoms with Gasteiger partial charge in [0, 0.05) is 17.8 Å². The van der Waals surface area contributed by atoms with Gasteiger partial charge in [-0.15, -0.1) is 11.3 Å². The Bertz CT molecular complexity index is 406. The van der Waals surface area contributed by atoms with E-state index in [1.54, 1.807) is 11.3 Å². The molecule has 2 amide bonds. The molecule has 0 aromatic carbocycles. The zero-order chi connectivity index (χ0) is 12.8. The summed E-state index contributed by atoms with van der Waals surface area (Å²) in [5.74, 6) is -0.529. The molecule has 0 aliphatic carbocycles. The molecule has 1 heterocycles. The van der Waals surface area contributed by atoms with Gasteiger partial charge in [0.1, 0.15) is 0 Å². The summed E-state index contributed by atoms with van der Waals surface area (Å²) in [7, 11) is 0. The van der Waals surface area contributed by atoms with E-state index >= 15 is 0 Å². The number of nitrogens with two attached hydrogens (primary N) is 1. The Morgan fingerprint density at radius 1 is 1.53 bits per heavy atom. The predicted molar refractivity (Wildman–Crippen MR) is 71.9 cm³/mol. The third kappa shape index (κ3) is 4.87. The number of halogens is 1. The molecule has 1 rings (SSSR count). The zero-order valence-corrected chi connectivity index (χ0v) is 11.9. The Labute approximate surface area is 113 Å². The van der Waals surface area contributed by atoms with Crippen molar-refractivity contribution in [3.8, 4) is 0 Å². The lowest BCUT2D eigenvalue weighted by molar-refractivity contribution is -0.122. The monoisotopic (exact) mass is 318 g/mol. The molecule has 0 fully saturated rings. The first-order chi connectivity index (χ1) is 8.00. The summed E-state index contributed by atoms with van der Waals surface area (Å²) < 4.78 is 1.01. The number of hydrogen-bond acceptors (Lipinski definition) is 3. The SMILES string of the molecule is CC(C(=O)NCCCC(N)=O)c1ccc(Br)s1. The highest BCUT2D eigenvalue weighted by Gasteiger charge is 2.16. The van der Waals surface area contributed by atoms with Crippen molar-refractivity contribution in [3.05, 3.63) is 20.8 Å². The summed E-state index contributed by atoms with van der Waals surface area (Å²) in [4.78, 5) is 23.3. The smallest absolute Gasteiger partial charge is 0.228 e. The van der Waals surface area contributed by atoms with Crippen LogP contribution in [0.5, 0.6) is 0 Å². The van der Waals surface area contributed by atoms with Crippen molar-refractivity contribution in [2.45, 2.75) is 25.7 Å². The van der Waals surface area contributed by atoms with E-state index in [4.69, 9.17) is 5.73 Å². The zero-order valence-electron chi connectivity index (χ0n) is 9.53. The first-order valence-corrected chi connectivity index (χ1v) is 6.93. The van der Waals surface area contributed by atoms with Gasteiger partial charge in [-0.25, -0.2) is 0 Å². The van der Waals surface area contributed by atoms with Crippen LogP contribution in [0.4, 0.5) is 0 Å². The molecular formula is C11H15BrN2O2S. The van der Waals surface area contributed by atoms with Gasteiger partial charge in [-0.1, -0.05) is 0 Å². The van der Waals surface area contributed by atoms with E-state index in [0.717, 1.165) is 8.66 Å². The van der Waals surface area contributed by atoms with Gasteiger partial charge in [0.25, 0.3) is 0 Å². The van der Waals surface area contributed by atoms with Gasteiger partial charge in [0.15, 0.2) is 0 Å². The van der Waals surface area contributed by atoms with E-state index in [1.165, 1.54) is 0 Å². The van der Waals surface area contributed by atoms with E-state index < -0.39 is 0 Å². The van der Waals surface area contributed by atoms with Crippen LogP contribution in [0.2, 0.25) is 0 Å². The summed E-state index contributed by atoms with van der Waals surface area (Å²) in [6.07, 6.45) is 0.890. The van der Waals surface area contributed by atoms with E-state index in [9.17, 15) is 9.59 Å². The van der Waals surface area contributed by atoms with E-state index in [0.29, 0.717) is 19.4 Å². The number of amides is 2. The van der Waals surface area contributed by atoms with Crippen molar-refractivity contribution >= 4 is 39.1 Å². The molecule has 17 heavy (non-hydrogen) atoms. The van der Waals surface area contributed by atoms with Crippen molar-refractivity contribution in [1.82, 2.24) is 5.32 Å². The Hall–Kier alpha value is -0.880. The minimum absolute atomic E-state index is 0.0242. The van der Waals surface area contributed by atoms with Crippen LogP contribution in [0.15, 0.2) is 15.9 Å². The molecule has 94 valence electrons. The molecule has 0 aliphatic rings. The average Bonchev–Trinajstić information content (AvgIpc) is 2.69. The molecule has 1 aromatic rings. The molecule has 6 heteroatoms. The molecule has 0 spiro atoms. The molecule has 0 saturated carbocycles. The lowest BCUT2D eigenvalue weighted by Crippen LogP contribution is -2.29. The molecule has 1 atom stereocenters. The van der Waals surface area contributed by atoms with Gasteiger partial charge in [-0.05, 0) is 41.4 Å². The molecule has 0 saturated heterocycles. The minimum atomic E-state index is -0.338. The van der Waals surface area contributed by atoms with E-state index in [2.05, 4.69) is 21.2 Å². The number of rotatable bonds is 6. The lowest BCUT2D eigenvalue weighted by Gasteiger charge is -2.09. The van der Waals surface area contributed by atoms with Crippen molar-refractivity contribution in [1.29, 1.82) is 0 Å². The summed E-state index contributed by atoms with van der Waals surface area (Å²) >= 11 is 4.91. The second-order valence-corrected chi connectivity index (χ2v) is 6.22. The van der Waals surface area contributed by atoms with Gasteiger partial charge in [0.2, 0.25) is 11.8 Å². The molecule has 3 N–H and O–H groups in total. The Morgan fingerprint density at radius 2 is 2.24 bits per heavy atom. The van der Waals surface area contributed by atoms with Gasteiger partial charge in [-0.2, -0.15) is 0 Å². The fraction of sp³-hybridized carbons (Fsp3) is 0.455. The highest BCUT2D eigenvalue weighted by molar-refractivity contribution is 9.11. The van der Waals surface area contributed by atoms with E-state index in [-0.39, 0.29) is 17.7 Å². The topological polar surface area (TPSA) is 72.2 Å². The fourth-order valence-electron chi connectivity index (χ4n) is 1.32. The fourth-order valence-corrected chi connectivity index (χ4v) is 2.79. The number of primary amides is 1. The van der Waals surface area contributed by atoms with Crippen LogP contribution in [-0.4, -0.2) is 18.4 Å². The third-order valence-corrected chi connectivity index (χ3v) is 4.12. The van der Waals surface area contributed by atoms with Gasteiger partial charge >= 0.3 is 0 Å². The van der Waals surface area contributed by atoms with Crippen LogP contribution in [-0.2, 0) is 9.59 Å². The Morgan fingerprint density at radius 3 is 2.76 bits per heavy atom. The summed E-state index contributed by atoms with van der Waals surface area (Å²) in [5.41, 5.74) is 5.01. The maximum Gasteiger partial charge on any atom is 0.228 e. The van der Waals surface area contributed by atoms with Crippen LogP contribution in [0.3, 0.4) is 0 Å². The number of hydrogen-bond donors (Lipinski definition) is 2. The van der Waals surface area contributed by atoms with Gasteiger partial charge < -0.3 is 11.1 Å². The second kappa shape index (κ2) is 6.76. The summed E-state index contributed by atoms with van der Waals surface area (Å²) in [5, 5.41) is 2.79. The van der Waals surface area contributed by atoms with Crippen molar-refractivity contribution in [2.75, 3.05) is 6.54 Å². The number of carbonyl (C=O) groups is 2. The first kappa shape index (κ1) is 14.2. The number of carbonyl (C=O) groups excluding carboxylic acids is 2. The molecule has 4 nitrogen and oxygen atoms in total. The van der Waals surface area contributed by atoms with Crippen molar-refractivity contribution < 1.29 is 9.59 Å². The quantitative estimate of drug-likeness (QED) is 0.787. The molecule has 0 aliphatic heterocycles. The maximum atomic E-state index is 11.8. The Kier molecular flexibility index (Phi) is 5.64. The van der Waals surface area contributed by atoms with Gasteiger partial charge in [0.05, 0.1) is 9.70 Å². The highest BCUT2D eigenvalue weighted by atomic mass is 79.9. The van der Waals surface area contributed by atoms with Crippen LogP contribution in [0.1, 0.15) is 30.6 Å². The van der Waals surface area contributed by atoms with Crippen LogP contribution in [0, 0.1) is 0 Å². The van der Waals surface area contributed by atoms with E-state index in [1.807, 2.05) is 19.1 Å².